The number of nitrogens with zero attached hydrogens (tertiary/aromatic N) is 2. The van der Waals surface area contributed by atoms with E-state index in [1.165, 1.54) is 12.1 Å². The molecule has 0 radical (unpaired) electrons. The van der Waals surface area contributed by atoms with E-state index < -0.39 is 16.8 Å². The number of allylic oxidation sites excluding steroid dienone is 2. The first-order chi connectivity index (χ1) is 16.5. The smallest absolute Gasteiger partial charge is 0.338 e. The molecule has 0 amide bonds. The Kier molecular flexibility index (Phi) is 6.42. The van der Waals surface area contributed by atoms with Crippen LogP contribution in [0.15, 0.2) is 71.2 Å². The van der Waals surface area contributed by atoms with E-state index in [0.717, 1.165) is 0 Å². The van der Waals surface area contributed by atoms with Crippen LogP contribution in [0.3, 0.4) is 0 Å². The number of halogens is 1. The van der Waals surface area contributed by atoms with Gasteiger partial charge >= 0.3 is 5.97 Å². The van der Waals surface area contributed by atoms with Crippen molar-refractivity contribution in [2.75, 3.05) is 11.5 Å². The zero-order valence-corrected chi connectivity index (χ0v) is 20.5. The predicted molar refractivity (Wildman–Crippen MR) is 133 cm³/mol. The van der Waals surface area contributed by atoms with Crippen molar-refractivity contribution < 1.29 is 19.2 Å². The molecule has 2 N–H and O–H groups in total. The summed E-state index contributed by atoms with van der Waals surface area (Å²) < 4.78 is 5.36. The summed E-state index contributed by atoms with van der Waals surface area (Å²) in [6, 6.07) is 12.8. The van der Waals surface area contributed by atoms with Crippen LogP contribution in [0.25, 0.3) is 0 Å². The fourth-order valence-electron chi connectivity index (χ4n) is 4.83. The number of carbonyl (C=O) groups is 2. The first-order valence-corrected chi connectivity index (χ1v) is 11.6. The van der Waals surface area contributed by atoms with Crippen LogP contribution in [0.1, 0.15) is 45.1 Å². The lowest BCUT2D eigenvalue weighted by molar-refractivity contribution is -0.384. The lowest BCUT2D eigenvalue weighted by atomic mass is 9.68. The van der Waals surface area contributed by atoms with Crippen LogP contribution < -0.4 is 10.6 Å². The molecule has 1 aliphatic heterocycles. The maximum absolute atomic E-state index is 13.6. The van der Waals surface area contributed by atoms with Crippen molar-refractivity contribution in [2.45, 2.75) is 39.5 Å². The second-order valence-electron chi connectivity index (χ2n) is 9.41. The van der Waals surface area contributed by atoms with Crippen LogP contribution >= 0.6 is 11.6 Å². The molecule has 2 aliphatic rings. The Morgan fingerprint density at radius 1 is 1.17 bits per heavy atom. The van der Waals surface area contributed by atoms with E-state index in [4.69, 9.17) is 22.1 Å². The SMILES string of the molecule is CCOC(=O)C1=C(N)N(c2ccc(Cl)cc2)C2=C(C(=O)CC(C)(C)C2)C1c1ccc([N+](=O)[O-])cc1. The van der Waals surface area contributed by atoms with Crippen molar-refractivity contribution in [3.63, 3.8) is 0 Å². The maximum Gasteiger partial charge on any atom is 0.338 e. The van der Waals surface area contributed by atoms with E-state index in [0.29, 0.717) is 40.4 Å². The van der Waals surface area contributed by atoms with Gasteiger partial charge < -0.3 is 10.5 Å². The molecule has 0 spiro atoms. The van der Waals surface area contributed by atoms with E-state index in [9.17, 15) is 19.7 Å². The molecule has 0 aromatic heterocycles. The van der Waals surface area contributed by atoms with Gasteiger partial charge in [0.1, 0.15) is 5.82 Å². The molecular formula is C26H26ClN3O5. The van der Waals surface area contributed by atoms with E-state index in [1.54, 1.807) is 48.2 Å². The second kappa shape index (κ2) is 9.19. The molecule has 0 bridgehead atoms. The monoisotopic (exact) mass is 495 g/mol. The molecule has 182 valence electrons. The van der Waals surface area contributed by atoms with Crippen LogP contribution in [0, 0.1) is 15.5 Å². The summed E-state index contributed by atoms with van der Waals surface area (Å²) in [5.41, 5.74) is 8.76. The summed E-state index contributed by atoms with van der Waals surface area (Å²) in [4.78, 5) is 39.3. The van der Waals surface area contributed by atoms with Gasteiger partial charge in [0.05, 0.1) is 23.0 Å². The number of non-ortho nitro benzene ring substituents is 1. The van der Waals surface area contributed by atoms with Gasteiger partial charge in [-0.05, 0) is 48.6 Å². The fourth-order valence-corrected chi connectivity index (χ4v) is 4.95. The lowest BCUT2D eigenvalue weighted by Gasteiger charge is -2.44. The number of rotatable bonds is 5. The summed E-state index contributed by atoms with van der Waals surface area (Å²) in [5.74, 6) is -1.40. The number of hydrogen-bond donors (Lipinski definition) is 1. The highest BCUT2D eigenvalue weighted by Crippen LogP contribution is 2.50. The van der Waals surface area contributed by atoms with E-state index in [1.807, 2.05) is 13.8 Å². The number of esters is 1. The summed E-state index contributed by atoms with van der Waals surface area (Å²) in [6.45, 7) is 5.83. The average Bonchev–Trinajstić information content (AvgIpc) is 2.78. The molecule has 35 heavy (non-hydrogen) atoms. The van der Waals surface area contributed by atoms with Gasteiger partial charge in [-0.25, -0.2) is 4.79 Å². The zero-order chi connectivity index (χ0) is 25.5. The fraction of sp³-hybridized carbons (Fsp3) is 0.308. The minimum Gasteiger partial charge on any atom is -0.463 e. The van der Waals surface area contributed by atoms with Crippen LogP contribution in [-0.2, 0) is 14.3 Å². The third kappa shape index (κ3) is 4.53. The van der Waals surface area contributed by atoms with Crippen LogP contribution in [0.5, 0.6) is 0 Å². The number of ether oxygens (including phenoxy) is 1. The molecule has 4 rings (SSSR count). The molecule has 0 saturated heterocycles. The zero-order valence-electron chi connectivity index (χ0n) is 19.7. The number of Topliss-reactive ketones (excluding diaryl/α,β-unsaturated/α-hetero) is 1. The standard InChI is InChI=1S/C26H26ClN3O5/c1-4-35-25(32)23-21(15-5-9-18(10-6-15)30(33)34)22-19(13-26(2,3)14-20(22)31)29(24(23)28)17-11-7-16(27)8-12-17/h5-12,21H,4,13-14,28H2,1-3H3. The molecular weight excluding hydrogens is 470 g/mol. The van der Waals surface area contributed by atoms with E-state index >= 15 is 0 Å². The molecule has 8 nitrogen and oxygen atoms in total. The van der Waals surface area contributed by atoms with Crippen LogP contribution in [-0.4, -0.2) is 23.3 Å². The summed E-state index contributed by atoms with van der Waals surface area (Å²) in [7, 11) is 0. The van der Waals surface area contributed by atoms with Crippen molar-refractivity contribution in [3.8, 4) is 0 Å². The molecule has 1 unspecified atom stereocenters. The summed E-state index contributed by atoms with van der Waals surface area (Å²) in [5, 5.41) is 11.7. The first kappa shape index (κ1) is 24.5. The van der Waals surface area contributed by atoms with Crippen molar-refractivity contribution in [1.29, 1.82) is 0 Å². The molecule has 2 aromatic rings. The molecule has 1 aliphatic carbocycles. The lowest BCUT2D eigenvalue weighted by Crippen LogP contribution is -2.43. The topological polar surface area (TPSA) is 116 Å². The molecule has 2 aromatic carbocycles. The predicted octanol–water partition coefficient (Wildman–Crippen LogP) is 5.23. The Morgan fingerprint density at radius 2 is 1.80 bits per heavy atom. The van der Waals surface area contributed by atoms with Gasteiger partial charge in [0.25, 0.3) is 5.69 Å². The van der Waals surface area contributed by atoms with Crippen LogP contribution in [0.2, 0.25) is 5.02 Å². The van der Waals surface area contributed by atoms with Gasteiger partial charge in [-0.1, -0.05) is 37.6 Å². The highest BCUT2D eigenvalue weighted by atomic mass is 35.5. The quantitative estimate of drug-likeness (QED) is 0.343. The Hall–Kier alpha value is -3.65. The van der Waals surface area contributed by atoms with Gasteiger partial charge in [0, 0.05) is 40.5 Å². The summed E-state index contributed by atoms with van der Waals surface area (Å²) in [6.07, 6.45) is 0.830. The van der Waals surface area contributed by atoms with Gasteiger partial charge in [0.15, 0.2) is 5.78 Å². The van der Waals surface area contributed by atoms with E-state index in [2.05, 4.69) is 0 Å². The highest BCUT2D eigenvalue weighted by Gasteiger charge is 2.46. The molecule has 1 atom stereocenters. The van der Waals surface area contributed by atoms with Crippen molar-refractivity contribution in [3.05, 3.63) is 91.9 Å². The number of benzene rings is 2. The normalized spacial score (nSPS) is 19.5. The number of hydrogen-bond acceptors (Lipinski definition) is 7. The first-order valence-electron chi connectivity index (χ1n) is 11.3. The number of anilines is 1. The van der Waals surface area contributed by atoms with E-state index in [-0.39, 0.29) is 34.9 Å². The highest BCUT2D eigenvalue weighted by molar-refractivity contribution is 6.30. The number of nitrogens with two attached hydrogens (primary N) is 1. The molecule has 9 heteroatoms. The number of ketones is 1. The Bertz CT molecular complexity index is 1260. The second-order valence-corrected chi connectivity index (χ2v) is 9.85. The van der Waals surface area contributed by atoms with Crippen LogP contribution in [0.4, 0.5) is 11.4 Å². The molecule has 0 fully saturated rings. The number of nitro benzene ring substituents is 1. The average molecular weight is 496 g/mol. The number of nitro groups is 1. The van der Waals surface area contributed by atoms with Gasteiger partial charge in [0.2, 0.25) is 0 Å². The number of carbonyl (C=O) groups excluding carboxylic acids is 2. The third-order valence-corrected chi connectivity index (χ3v) is 6.53. The van der Waals surface area contributed by atoms with Gasteiger partial charge in [-0.2, -0.15) is 0 Å². The van der Waals surface area contributed by atoms with Crippen molar-refractivity contribution in [2.24, 2.45) is 11.1 Å². The molecule has 0 saturated carbocycles. The minimum atomic E-state index is -0.808. The summed E-state index contributed by atoms with van der Waals surface area (Å²) >= 11 is 6.10. The van der Waals surface area contributed by atoms with Gasteiger partial charge in [-0.15, -0.1) is 0 Å². The maximum atomic E-state index is 13.6. The Morgan fingerprint density at radius 3 is 2.37 bits per heavy atom. The Labute approximate surface area is 208 Å². The van der Waals surface area contributed by atoms with Crippen molar-refractivity contribution >= 4 is 34.7 Å². The van der Waals surface area contributed by atoms with Gasteiger partial charge in [-0.3, -0.25) is 19.8 Å². The van der Waals surface area contributed by atoms with Crippen molar-refractivity contribution in [1.82, 2.24) is 0 Å². The minimum absolute atomic E-state index is 0.0905. The largest absolute Gasteiger partial charge is 0.463 e. The molecule has 1 heterocycles. The Balaban J connectivity index is 2.00. The third-order valence-electron chi connectivity index (χ3n) is 6.28.